The van der Waals surface area contributed by atoms with E-state index in [-0.39, 0.29) is 12.5 Å². The number of carbonyl (C=O) groups is 3. The Bertz CT molecular complexity index is 1120. The van der Waals surface area contributed by atoms with E-state index in [1.807, 2.05) is 6.07 Å². The number of anilines is 1. The van der Waals surface area contributed by atoms with Crippen molar-refractivity contribution >= 4 is 34.4 Å². The standard InChI is InChI=1S/C23H23N3O5/c27-21(14-5-2-1-3-6-14)25-16-8-9-17-18(12-24-19(17)11-16)20(23(30)31)26-10-4-7-15(13-26)22(28)29/h1-3,5-6,8-9,11-12,15,20,24H,4,7,10,13H2,(H,25,27)(H,28,29)(H,30,31)/t15-,20-/m0/s1. The van der Waals surface area contributed by atoms with Crippen LogP contribution in [-0.4, -0.2) is 51.0 Å². The minimum Gasteiger partial charge on any atom is -0.481 e. The quantitative estimate of drug-likeness (QED) is 0.484. The number of likely N-dealkylation sites (tertiary alicyclic amines) is 1. The predicted molar refractivity (Wildman–Crippen MR) is 115 cm³/mol. The van der Waals surface area contributed by atoms with Gasteiger partial charge in [0, 0.05) is 40.5 Å². The summed E-state index contributed by atoms with van der Waals surface area (Å²) in [6, 6.07) is 13.2. The first-order chi connectivity index (χ1) is 14.9. The number of aromatic nitrogens is 1. The van der Waals surface area contributed by atoms with E-state index in [9.17, 15) is 24.6 Å². The molecule has 8 nitrogen and oxygen atoms in total. The Hall–Kier alpha value is -3.65. The van der Waals surface area contributed by atoms with Crippen LogP contribution in [0.3, 0.4) is 0 Å². The summed E-state index contributed by atoms with van der Waals surface area (Å²) >= 11 is 0. The molecule has 2 aromatic carbocycles. The van der Waals surface area contributed by atoms with Gasteiger partial charge in [-0.3, -0.25) is 19.3 Å². The number of H-pyrrole nitrogens is 1. The number of hydrogen-bond acceptors (Lipinski definition) is 4. The number of aromatic amines is 1. The molecule has 2 atom stereocenters. The van der Waals surface area contributed by atoms with Crippen molar-refractivity contribution in [3.8, 4) is 0 Å². The molecule has 3 aromatic rings. The molecule has 1 aliphatic heterocycles. The lowest BCUT2D eigenvalue weighted by atomic mass is 9.94. The summed E-state index contributed by atoms with van der Waals surface area (Å²) in [6.45, 7) is 0.725. The molecule has 8 heteroatoms. The summed E-state index contributed by atoms with van der Waals surface area (Å²) in [4.78, 5) is 40.7. The molecule has 0 radical (unpaired) electrons. The van der Waals surface area contributed by atoms with Gasteiger partial charge in [-0.25, -0.2) is 0 Å². The average Bonchev–Trinajstić information content (AvgIpc) is 3.17. The van der Waals surface area contributed by atoms with Crippen LogP contribution in [0.1, 0.15) is 34.8 Å². The number of rotatable bonds is 6. The Morgan fingerprint density at radius 1 is 1.10 bits per heavy atom. The Labute approximate surface area is 178 Å². The van der Waals surface area contributed by atoms with Gasteiger partial charge in [-0.1, -0.05) is 24.3 Å². The van der Waals surface area contributed by atoms with Crippen molar-refractivity contribution in [2.45, 2.75) is 18.9 Å². The number of benzene rings is 2. The highest BCUT2D eigenvalue weighted by atomic mass is 16.4. The zero-order valence-electron chi connectivity index (χ0n) is 16.7. The topological polar surface area (TPSA) is 123 Å². The normalized spacial score (nSPS) is 17.9. The van der Waals surface area contributed by atoms with Crippen LogP contribution in [-0.2, 0) is 9.59 Å². The van der Waals surface area contributed by atoms with E-state index in [2.05, 4.69) is 10.3 Å². The number of aliphatic carboxylic acids is 2. The highest BCUT2D eigenvalue weighted by Crippen LogP contribution is 2.33. The average molecular weight is 421 g/mol. The second-order valence-electron chi connectivity index (χ2n) is 7.74. The van der Waals surface area contributed by atoms with Crippen molar-refractivity contribution < 1.29 is 24.6 Å². The van der Waals surface area contributed by atoms with Crippen molar-refractivity contribution in [2.24, 2.45) is 5.92 Å². The smallest absolute Gasteiger partial charge is 0.325 e. The molecular weight excluding hydrogens is 398 g/mol. The van der Waals surface area contributed by atoms with E-state index in [1.54, 1.807) is 53.6 Å². The van der Waals surface area contributed by atoms with Crippen molar-refractivity contribution in [1.82, 2.24) is 9.88 Å². The maximum absolute atomic E-state index is 12.4. The van der Waals surface area contributed by atoms with Gasteiger partial charge in [-0.05, 0) is 43.7 Å². The molecule has 0 bridgehead atoms. The van der Waals surface area contributed by atoms with Crippen molar-refractivity contribution in [3.05, 3.63) is 65.9 Å². The highest BCUT2D eigenvalue weighted by molar-refractivity contribution is 6.05. The minimum absolute atomic E-state index is 0.199. The van der Waals surface area contributed by atoms with Crippen LogP contribution in [0.4, 0.5) is 5.69 Å². The number of carboxylic acids is 2. The number of nitrogens with one attached hydrogen (secondary N) is 2. The molecule has 2 heterocycles. The first-order valence-electron chi connectivity index (χ1n) is 10.1. The highest BCUT2D eigenvalue weighted by Gasteiger charge is 2.35. The van der Waals surface area contributed by atoms with E-state index < -0.39 is 23.9 Å². The SMILES string of the molecule is O=C(Nc1ccc2c([C@@H](C(=O)O)N3CCC[C@H](C(=O)O)C3)c[nH]c2c1)c1ccccc1. The van der Waals surface area contributed by atoms with Gasteiger partial charge in [0.1, 0.15) is 6.04 Å². The molecule has 0 aliphatic carbocycles. The maximum atomic E-state index is 12.4. The maximum Gasteiger partial charge on any atom is 0.325 e. The molecule has 0 spiro atoms. The van der Waals surface area contributed by atoms with Crippen molar-refractivity contribution in [2.75, 3.05) is 18.4 Å². The van der Waals surface area contributed by atoms with Gasteiger partial charge < -0.3 is 20.5 Å². The lowest BCUT2D eigenvalue weighted by molar-refractivity contribution is -0.149. The summed E-state index contributed by atoms with van der Waals surface area (Å²) in [5.74, 6) is -2.72. The summed E-state index contributed by atoms with van der Waals surface area (Å²) in [5.41, 5.74) is 2.40. The first kappa shape index (κ1) is 20.6. The molecule has 1 fully saturated rings. The van der Waals surface area contributed by atoms with Crippen LogP contribution in [0.5, 0.6) is 0 Å². The fraction of sp³-hybridized carbons (Fsp3) is 0.261. The largest absolute Gasteiger partial charge is 0.481 e. The molecule has 1 aliphatic rings. The number of hydrogen-bond donors (Lipinski definition) is 4. The number of piperidine rings is 1. The van der Waals surface area contributed by atoms with Gasteiger partial charge in [-0.2, -0.15) is 0 Å². The van der Waals surface area contributed by atoms with Crippen LogP contribution in [0.2, 0.25) is 0 Å². The number of carboxylic acid groups (broad SMARTS) is 2. The molecule has 4 rings (SSSR count). The van der Waals surface area contributed by atoms with Gasteiger partial charge in [-0.15, -0.1) is 0 Å². The van der Waals surface area contributed by atoms with Gasteiger partial charge in [0.15, 0.2) is 0 Å². The van der Waals surface area contributed by atoms with Gasteiger partial charge in [0.2, 0.25) is 0 Å². The second-order valence-corrected chi connectivity index (χ2v) is 7.74. The summed E-state index contributed by atoms with van der Waals surface area (Å²) in [5, 5.41) is 22.8. The fourth-order valence-corrected chi connectivity index (χ4v) is 4.17. The Kier molecular flexibility index (Phi) is 5.73. The summed E-state index contributed by atoms with van der Waals surface area (Å²) in [6.07, 6.45) is 2.84. The third-order valence-electron chi connectivity index (χ3n) is 5.70. The van der Waals surface area contributed by atoms with Crippen LogP contribution >= 0.6 is 0 Å². The molecule has 0 saturated carbocycles. The monoisotopic (exact) mass is 421 g/mol. The number of carbonyl (C=O) groups excluding carboxylic acids is 1. The lowest BCUT2D eigenvalue weighted by Gasteiger charge is -2.34. The summed E-state index contributed by atoms with van der Waals surface area (Å²) in [7, 11) is 0. The first-order valence-corrected chi connectivity index (χ1v) is 10.1. The Morgan fingerprint density at radius 3 is 2.58 bits per heavy atom. The molecule has 1 saturated heterocycles. The summed E-state index contributed by atoms with van der Waals surface area (Å²) < 4.78 is 0. The van der Waals surface area contributed by atoms with E-state index >= 15 is 0 Å². The second kappa shape index (κ2) is 8.61. The van der Waals surface area contributed by atoms with Crippen molar-refractivity contribution in [1.29, 1.82) is 0 Å². The Morgan fingerprint density at radius 2 is 1.87 bits per heavy atom. The molecule has 1 amide bonds. The van der Waals surface area contributed by atoms with Crippen LogP contribution in [0.25, 0.3) is 10.9 Å². The van der Waals surface area contributed by atoms with Crippen LogP contribution < -0.4 is 5.32 Å². The third kappa shape index (κ3) is 4.29. The number of amides is 1. The van der Waals surface area contributed by atoms with E-state index in [0.29, 0.717) is 41.7 Å². The molecular formula is C23H23N3O5. The third-order valence-corrected chi connectivity index (χ3v) is 5.70. The van der Waals surface area contributed by atoms with Crippen molar-refractivity contribution in [3.63, 3.8) is 0 Å². The van der Waals surface area contributed by atoms with Crippen LogP contribution in [0.15, 0.2) is 54.7 Å². The van der Waals surface area contributed by atoms with E-state index in [0.717, 1.165) is 5.39 Å². The van der Waals surface area contributed by atoms with Gasteiger partial charge in [0.05, 0.1) is 5.92 Å². The molecule has 4 N–H and O–H groups in total. The fourth-order valence-electron chi connectivity index (χ4n) is 4.17. The zero-order chi connectivity index (χ0) is 22.0. The minimum atomic E-state index is -1.02. The van der Waals surface area contributed by atoms with Crippen LogP contribution in [0, 0.1) is 5.92 Å². The van der Waals surface area contributed by atoms with E-state index in [4.69, 9.17) is 0 Å². The molecule has 160 valence electrons. The lowest BCUT2D eigenvalue weighted by Crippen LogP contribution is -2.43. The predicted octanol–water partition coefficient (Wildman–Crippen LogP) is 3.34. The van der Waals surface area contributed by atoms with E-state index in [1.165, 1.54) is 0 Å². The molecule has 1 aromatic heterocycles. The molecule has 0 unspecified atom stereocenters. The molecule has 31 heavy (non-hydrogen) atoms. The van der Waals surface area contributed by atoms with Gasteiger partial charge in [0.25, 0.3) is 5.91 Å². The van der Waals surface area contributed by atoms with Gasteiger partial charge >= 0.3 is 11.9 Å². The zero-order valence-corrected chi connectivity index (χ0v) is 16.7. The Balaban J connectivity index is 1.59. The number of fused-ring (bicyclic) bond motifs is 1. The number of nitrogens with zero attached hydrogens (tertiary/aromatic N) is 1.